The van der Waals surface area contributed by atoms with Gasteiger partial charge in [-0.15, -0.1) is 0 Å². The number of non-ortho nitro benzene ring substituents is 1. The van der Waals surface area contributed by atoms with Crippen molar-refractivity contribution in [1.82, 2.24) is 0 Å². The third-order valence-corrected chi connectivity index (χ3v) is 4.87. The van der Waals surface area contributed by atoms with Gasteiger partial charge in [0.05, 0.1) is 16.2 Å². The average molecular weight is 397 g/mol. The first-order valence-corrected chi connectivity index (χ1v) is 9.07. The van der Waals surface area contributed by atoms with Crippen molar-refractivity contribution in [3.8, 4) is 0 Å². The zero-order valence-electron chi connectivity index (χ0n) is 14.5. The molecule has 0 unspecified atom stereocenters. The van der Waals surface area contributed by atoms with Gasteiger partial charge in [-0.1, -0.05) is 18.2 Å². The van der Waals surface area contributed by atoms with E-state index in [-0.39, 0.29) is 18.7 Å². The number of carboxylic acids is 1. The molecular weight excluding hydrogens is 382 g/mol. The highest BCUT2D eigenvalue weighted by Crippen LogP contribution is 2.32. The molecule has 28 heavy (non-hydrogen) atoms. The Kier molecular flexibility index (Phi) is 5.85. The molecule has 3 rings (SSSR count). The molecule has 1 aliphatic rings. The second-order valence-corrected chi connectivity index (χ2v) is 6.80. The Morgan fingerprint density at radius 3 is 2.46 bits per heavy atom. The van der Waals surface area contributed by atoms with Crippen molar-refractivity contribution in [3.05, 3.63) is 75.2 Å². The second-order valence-electron chi connectivity index (χ2n) is 5.79. The van der Waals surface area contributed by atoms with E-state index >= 15 is 0 Å². The van der Waals surface area contributed by atoms with Crippen molar-refractivity contribution in [2.24, 2.45) is 4.99 Å². The molecule has 1 aliphatic heterocycles. The van der Waals surface area contributed by atoms with E-state index in [2.05, 4.69) is 4.99 Å². The predicted molar refractivity (Wildman–Crippen MR) is 107 cm³/mol. The van der Waals surface area contributed by atoms with Gasteiger partial charge in [-0.2, -0.15) is 4.99 Å². The summed E-state index contributed by atoms with van der Waals surface area (Å²) in [5.41, 5.74) is 1.34. The summed E-state index contributed by atoms with van der Waals surface area (Å²) in [7, 11) is 0. The number of aliphatic carboxylic acids is 1. The minimum absolute atomic E-state index is 0.0339. The molecule has 1 amide bonds. The molecule has 9 heteroatoms. The molecule has 0 aromatic heterocycles. The normalized spacial score (nSPS) is 14.8. The number of hydrogen-bond donors (Lipinski definition) is 1. The van der Waals surface area contributed by atoms with Crippen molar-refractivity contribution in [3.63, 3.8) is 0 Å². The van der Waals surface area contributed by atoms with Gasteiger partial charge in [0.15, 0.2) is 5.17 Å². The van der Waals surface area contributed by atoms with Gasteiger partial charge in [-0.3, -0.25) is 19.7 Å². The van der Waals surface area contributed by atoms with E-state index < -0.39 is 16.8 Å². The zero-order valence-corrected chi connectivity index (χ0v) is 15.3. The first kappa shape index (κ1) is 19.3. The molecule has 0 atom stereocenters. The molecule has 0 aliphatic carbocycles. The smallest absolute Gasteiger partial charge is 0.305 e. The van der Waals surface area contributed by atoms with Gasteiger partial charge >= 0.3 is 5.97 Å². The molecule has 0 bridgehead atoms. The fourth-order valence-electron chi connectivity index (χ4n) is 2.51. The van der Waals surface area contributed by atoms with Crippen molar-refractivity contribution in [2.45, 2.75) is 6.42 Å². The minimum Gasteiger partial charge on any atom is -0.481 e. The summed E-state index contributed by atoms with van der Waals surface area (Å²) < 4.78 is 0. The Morgan fingerprint density at radius 1 is 1.18 bits per heavy atom. The third kappa shape index (κ3) is 4.63. The van der Waals surface area contributed by atoms with E-state index in [1.165, 1.54) is 12.1 Å². The number of benzene rings is 2. The molecule has 1 heterocycles. The number of carbonyl (C=O) groups is 2. The Bertz CT molecular complexity index is 971. The number of nitro benzene ring substituents is 1. The summed E-state index contributed by atoms with van der Waals surface area (Å²) >= 11 is 1.14. The topological polar surface area (TPSA) is 113 Å². The molecule has 0 radical (unpaired) electrons. The molecule has 0 saturated heterocycles. The number of rotatable bonds is 6. The van der Waals surface area contributed by atoms with E-state index in [1.807, 2.05) is 30.3 Å². The molecule has 0 fully saturated rings. The molecule has 2 aromatic carbocycles. The van der Waals surface area contributed by atoms with Crippen LogP contribution < -0.4 is 4.90 Å². The summed E-state index contributed by atoms with van der Waals surface area (Å²) in [6.07, 6.45) is 1.50. The molecule has 1 N–H and O–H groups in total. The lowest BCUT2D eigenvalue weighted by Crippen LogP contribution is -2.30. The third-order valence-electron chi connectivity index (χ3n) is 3.86. The SMILES string of the molecule is O=C(O)CCN(C1=NC(=O)/C(=C/c2ccc([N+](=O)[O-])cc2)S1)c1ccccc1. The first-order chi connectivity index (χ1) is 13.4. The van der Waals surface area contributed by atoms with Crippen LogP contribution in [0.5, 0.6) is 0 Å². The predicted octanol–water partition coefficient (Wildman–Crippen LogP) is 3.55. The van der Waals surface area contributed by atoms with Gasteiger partial charge in [-0.05, 0) is 47.7 Å². The maximum absolute atomic E-state index is 12.3. The van der Waals surface area contributed by atoms with Crippen LogP contribution >= 0.6 is 11.8 Å². The van der Waals surface area contributed by atoms with Crippen LogP contribution in [0.4, 0.5) is 11.4 Å². The second kappa shape index (κ2) is 8.49. The maximum atomic E-state index is 12.3. The number of nitrogens with zero attached hydrogens (tertiary/aromatic N) is 3. The summed E-state index contributed by atoms with van der Waals surface area (Å²) in [4.78, 5) is 39.7. The fourth-order valence-corrected chi connectivity index (χ4v) is 3.47. The molecular formula is C19H15N3O5S. The van der Waals surface area contributed by atoms with E-state index in [0.29, 0.717) is 15.6 Å². The van der Waals surface area contributed by atoms with Gasteiger partial charge in [0.25, 0.3) is 11.6 Å². The van der Waals surface area contributed by atoms with Gasteiger partial charge in [0.2, 0.25) is 0 Å². The summed E-state index contributed by atoms with van der Waals surface area (Å²) in [6.45, 7) is 0.170. The number of nitro groups is 1. The largest absolute Gasteiger partial charge is 0.481 e. The van der Waals surface area contributed by atoms with Gasteiger partial charge < -0.3 is 10.0 Å². The highest BCUT2D eigenvalue weighted by atomic mass is 32.2. The lowest BCUT2D eigenvalue weighted by atomic mass is 10.2. The Morgan fingerprint density at radius 2 is 1.86 bits per heavy atom. The Hall–Kier alpha value is -3.46. The number of thioether (sulfide) groups is 1. The monoisotopic (exact) mass is 397 g/mol. The Balaban J connectivity index is 1.82. The number of amidine groups is 1. The molecule has 142 valence electrons. The quantitative estimate of drug-likeness (QED) is 0.450. The number of hydrogen-bond acceptors (Lipinski definition) is 6. The van der Waals surface area contributed by atoms with Gasteiger partial charge in [0, 0.05) is 24.4 Å². The van der Waals surface area contributed by atoms with Gasteiger partial charge in [0.1, 0.15) is 0 Å². The highest BCUT2D eigenvalue weighted by Gasteiger charge is 2.27. The van der Waals surface area contributed by atoms with Crippen molar-refractivity contribution in [1.29, 1.82) is 0 Å². The molecule has 2 aromatic rings. The number of anilines is 1. The highest BCUT2D eigenvalue weighted by molar-refractivity contribution is 8.18. The number of para-hydroxylation sites is 1. The van der Waals surface area contributed by atoms with Crippen molar-refractivity contribution < 1.29 is 19.6 Å². The summed E-state index contributed by atoms with van der Waals surface area (Å²) in [6, 6.07) is 14.9. The van der Waals surface area contributed by atoms with Crippen molar-refractivity contribution in [2.75, 3.05) is 11.4 Å². The lowest BCUT2D eigenvalue weighted by molar-refractivity contribution is -0.384. The fraction of sp³-hybridized carbons (Fsp3) is 0.105. The number of amides is 1. The van der Waals surface area contributed by atoms with Crippen molar-refractivity contribution >= 4 is 46.3 Å². The van der Waals surface area contributed by atoms with Crippen LogP contribution in [0.15, 0.2) is 64.5 Å². The maximum Gasteiger partial charge on any atom is 0.305 e. The van der Waals surface area contributed by atoms with E-state index in [4.69, 9.17) is 5.11 Å². The summed E-state index contributed by atoms with van der Waals surface area (Å²) in [5.74, 6) is -1.38. The number of carbonyl (C=O) groups excluding carboxylic acids is 1. The van der Waals surface area contributed by atoms with Crippen LogP contribution in [-0.4, -0.2) is 33.6 Å². The number of aliphatic imine (C=N–C) groups is 1. The zero-order chi connectivity index (χ0) is 20.1. The minimum atomic E-state index is -0.947. The standard InChI is InChI=1S/C19H15N3O5S/c23-17(24)10-11-21(14-4-2-1-3-5-14)19-20-18(25)16(28-19)12-13-6-8-15(9-7-13)22(26)27/h1-9,12H,10-11H2,(H,23,24)/b16-12-. The van der Waals surface area contributed by atoms with E-state index in [1.54, 1.807) is 23.1 Å². The van der Waals surface area contributed by atoms with Crippen LogP contribution in [0.25, 0.3) is 6.08 Å². The van der Waals surface area contributed by atoms with Crippen LogP contribution in [0.1, 0.15) is 12.0 Å². The molecule has 0 saturated carbocycles. The molecule has 8 nitrogen and oxygen atoms in total. The van der Waals surface area contributed by atoms with Crippen LogP contribution in [0.2, 0.25) is 0 Å². The lowest BCUT2D eigenvalue weighted by Gasteiger charge is -2.22. The van der Waals surface area contributed by atoms with E-state index in [9.17, 15) is 19.7 Å². The average Bonchev–Trinajstić information content (AvgIpc) is 3.03. The summed E-state index contributed by atoms with van der Waals surface area (Å²) in [5, 5.41) is 20.1. The van der Waals surface area contributed by atoms with Crippen LogP contribution in [0, 0.1) is 10.1 Å². The van der Waals surface area contributed by atoms with E-state index in [0.717, 1.165) is 17.4 Å². The van der Waals surface area contributed by atoms with Crippen LogP contribution in [-0.2, 0) is 9.59 Å². The first-order valence-electron chi connectivity index (χ1n) is 8.25. The molecule has 0 spiro atoms. The number of carboxylic acid groups (broad SMARTS) is 1. The van der Waals surface area contributed by atoms with Crippen LogP contribution in [0.3, 0.4) is 0 Å². The van der Waals surface area contributed by atoms with Gasteiger partial charge in [-0.25, -0.2) is 0 Å². The Labute approximate surface area is 164 Å².